The van der Waals surface area contributed by atoms with E-state index in [0.29, 0.717) is 42.6 Å². The summed E-state index contributed by atoms with van der Waals surface area (Å²) in [4.78, 5) is 25.2. The van der Waals surface area contributed by atoms with E-state index in [1.165, 1.54) is 36.4 Å². The van der Waals surface area contributed by atoms with Crippen molar-refractivity contribution >= 4 is 17.3 Å². The molecule has 1 saturated carbocycles. The number of carbonyl (C=O) groups is 1. The maximum atomic E-state index is 12.6. The molecule has 0 bridgehead atoms. The average Bonchev–Trinajstić information content (AvgIpc) is 3.23. The summed E-state index contributed by atoms with van der Waals surface area (Å²) in [6, 6.07) is 7.11. The molecule has 1 atom stereocenters. The quantitative estimate of drug-likeness (QED) is 0.600. The molecular formula is C24H21NO6S. The number of carboxylic acid groups (broad SMARTS) is 1. The molecule has 0 spiro atoms. The van der Waals surface area contributed by atoms with E-state index in [0.717, 1.165) is 28.3 Å². The van der Waals surface area contributed by atoms with E-state index in [2.05, 4.69) is 0 Å². The third-order valence-electron chi connectivity index (χ3n) is 6.23. The van der Waals surface area contributed by atoms with Gasteiger partial charge in [-0.25, -0.2) is 4.79 Å². The lowest BCUT2D eigenvalue weighted by Gasteiger charge is -2.32. The second-order valence-corrected chi connectivity index (χ2v) is 9.35. The minimum Gasteiger partial charge on any atom is -0.490 e. The van der Waals surface area contributed by atoms with Gasteiger partial charge in [0.2, 0.25) is 6.23 Å². The fraction of sp³-hybridized carbons (Fsp3) is 0.333. The highest BCUT2D eigenvalue weighted by Crippen LogP contribution is 2.51. The minimum atomic E-state index is -1.26. The van der Waals surface area contributed by atoms with Crippen LogP contribution in [-0.4, -0.2) is 28.9 Å². The Balaban J connectivity index is 1.51. The molecule has 1 aliphatic carbocycles. The van der Waals surface area contributed by atoms with Crippen molar-refractivity contribution in [3.8, 4) is 28.5 Å². The van der Waals surface area contributed by atoms with Gasteiger partial charge in [-0.2, -0.15) is 0 Å². The molecule has 1 unspecified atom stereocenters. The van der Waals surface area contributed by atoms with Crippen molar-refractivity contribution < 1.29 is 24.1 Å². The molecule has 1 N–H and O–H groups in total. The smallest absolute Gasteiger partial charge is 0.341 e. The number of nitrogens with zero attached hydrogens (tertiary/aromatic N) is 1. The summed E-state index contributed by atoms with van der Waals surface area (Å²) in [5.41, 5.74) is 1.53. The molecule has 32 heavy (non-hydrogen) atoms. The van der Waals surface area contributed by atoms with Crippen LogP contribution in [0, 0.1) is 5.92 Å². The van der Waals surface area contributed by atoms with Crippen molar-refractivity contribution in [1.82, 2.24) is 4.57 Å². The molecule has 3 aliphatic rings. The van der Waals surface area contributed by atoms with Crippen molar-refractivity contribution in [3.63, 3.8) is 0 Å². The Morgan fingerprint density at radius 3 is 2.94 bits per heavy atom. The highest BCUT2D eigenvalue weighted by atomic mass is 32.1. The number of rotatable bonds is 6. The topological polar surface area (TPSA) is 87.0 Å². The molecule has 8 heteroatoms. The third-order valence-corrected chi connectivity index (χ3v) is 7.13. The number of hydrogen-bond donors (Lipinski definition) is 1. The molecule has 1 fully saturated rings. The summed E-state index contributed by atoms with van der Waals surface area (Å²) in [5.74, 6) is 1.49. The molecule has 2 aromatic heterocycles. The van der Waals surface area contributed by atoms with Crippen molar-refractivity contribution in [1.29, 1.82) is 0 Å². The largest absolute Gasteiger partial charge is 0.490 e. The molecular weight excluding hydrogens is 430 g/mol. The summed E-state index contributed by atoms with van der Waals surface area (Å²) in [6.07, 6.45) is 5.06. The van der Waals surface area contributed by atoms with E-state index in [9.17, 15) is 14.7 Å². The first kappa shape index (κ1) is 19.4. The number of fused-ring (bicyclic) bond motifs is 5. The summed E-state index contributed by atoms with van der Waals surface area (Å²) in [6.45, 7) is 1.15. The van der Waals surface area contributed by atoms with Crippen LogP contribution in [-0.2, 0) is 6.42 Å². The van der Waals surface area contributed by atoms with Gasteiger partial charge in [0.25, 0.3) is 0 Å². The van der Waals surface area contributed by atoms with Gasteiger partial charge in [-0.3, -0.25) is 4.79 Å². The number of aromatic nitrogens is 1. The Kier molecular flexibility index (Phi) is 4.50. The number of benzene rings is 1. The third kappa shape index (κ3) is 3.17. The second-order valence-electron chi connectivity index (χ2n) is 8.37. The van der Waals surface area contributed by atoms with Crippen molar-refractivity contribution in [2.24, 2.45) is 5.92 Å². The minimum absolute atomic E-state index is 0.282. The van der Waals surface area contributed by atoms with Gasteiger partial charge in [0.15, 0.2) is 16.9 Å². The standard InChI is InChI=1S/C24H21NO6S/c26-17-10-16-21-14-6-8-30-22(14)19(29-7-5-13-3-4-13)11-18(21)31-23(20-2-1-9-32-20)25(16)12-15(17)24(27)28/h1-2,9-13,23H,3-8H2,(H,27,28). The zero-order valence-corrected chi connectivity index (χ0v) is 18.0. The van der Waals surface area contributed by atoms with Crippen LogP contribution in [0.2, 0.25) is 0 Å². The fourth-order valence-electron chi connectivity index (χ4n) is 4.45. The lowest BCUT2D eigenvalue weighted by atomic mass is 9.97. The zero-order chi connectivity index (χ0) is 21.8. The summed E-state index contributed by atoms with van der Waals surface area (Å²) < 4.78 is 20.2. The lowest BCUT2D eigenvalue weighted by molar-refractivity contribution is 0.0693. The van der Waals surface area contributed by atoms with Crippen molar-refractivity contribution in [2.75, 3.05) is 13.2 Å². The van der Waals surface area contributed by atoms with Gasteiger partial charge in [-0.1, -0.05) is 18.9 Å². The van der Waals surface area contributed by atoms with E-state index in [1.54, 1.807) is 4.57 Å². The van der Waals surface area contributed by atoms with Gasteiger partial charge in [-0.05, 0) is 23.8 Å². The first-order chi connectivity index (χ1) is 15.6. The predicted octanol–water partition coefficient (Wildman–Crippen LogP) is 4.33. The van der Waals surface area contributed by atoms with E-state index in [1.807, 2.05) is 23.6 Å². The Morgan fingerprint density at radius 2 is 2.19 bits per heavy atom. The van der Waals surface area contributed by atoms with Crippen LogP contribution in [0.5, 0.6) is 17.2 Å². The monoisotopic (exact) mass is 451 g/mol. The maximum absolute atomic E-state index is 12.6. The van der Waals surface area contributed by atoms with Crippen LogP contribution in [0.15, 0.2) is 40.6 Å². The Morgan fingerprint density at radius 1 is 1.31 bits per heavy atom. The number of ether oxygens (including phenoxy) is 3. The van der Waals surface area contributed by atoms with Crippen LogP contribution in [0.4, 0.5) is 0 Å². The SMILES string of the molecule is O=C(O)c1cn2c(cc1=O)-c1c(cc(OCCC3CC3)c3c1CCO3)OC2c1cccs1. The maximum Gasteiger partial charge on any atom is 0.341 e. The molecule has 7 nitrogen and oxygen atoms in total. The average molecular weight is 452 g/mol. The molecule has 2 aliphatic heterocycles. The van der Waals surface area contributed by atoms with Gasteiger partial charge < -0.3 is 23.9 Å². The molecule has 1 aromatic carbocycles. The van der Waals surface area contributed by atoms with Crippen LogP contribution in [0.1, 0.15) is 46.3 Å². The predicted molar refractivity (Wildman–Crippen MR) is 118 cm³/mol. The molecule has 6 rings (SSSR count). The van der Waals surface area contributed by atoms with Gasteiger partial charge in [0.05, 0.1) is 23.8 Å². The second kappa shape index (κ2) is 7.41. The van der Waals surface area contributed by atoms with E-state index < -0.39 is 17.6 Å². The fourth-order valence-corrected chi connectivity index (χ4v) is 5.20. The van der Waals surface area contributed by atoms with Gasteiger partial charge in [-0.15, -0.1) is 11.3 Å². The Hall–Kier alpha value is -3.26. The molecule has 0 radical (unpaired) electrons. The molecule has 3 aromatic rings. The van der Waals surface area contributed by atoms with Gasteiger partial charge in [0.1, 0.15) is 11.3 Å². The first-order valence-electron chi connectivity index (χ1n) is 10.8. The van der Waals surface area contributed by atoms with Crippen LogP contribution in [0.3, 0.4) is 0 Å². The highest BCUT2D eigenvalue weighted by Gasteiger charge is 2.35. The molecule has 0 amide bonds. The normalized spacial score (nSPS) is 18.2. The number of thiophene rings is 1. The Bertz CT molecular complexity index is 1270. The van der Waals surface area contributed by atoms with Crippen molar-refractivity contribution in [3.05, 3.63) is 62.1 Å². The van der Waals surface area contributed by atoms with E-state index in [-0.39, 0.29) is 5.56 Å². The first-order valence-corrected chi connectivity index (χ1v) is 11.6. The summed E-state index contributed by atoms with van der Waals surface area (Å²) >= 11 is 1.51. The van der Waals surface area contributed by atoms with Crippen molar-refractivity contribution in [2.45, 2.75) is 31.9 Å². The Labute approximate surface area is 187 Å². The number of pyridine rings is 1. The summed E-state index contributed by atoms with van der Waals surface area (Å²) in [7, 11) is 0. The van der Waals surface area contributed by atoms with E-state index >= 15 is 0 Å². The lowest BCUT2D eigenvalue weighted by Crippen LogP contribution is -2.27. The van der Waals surface area contributed by atoms with Crippen LogP contribution < -0.4 is 19.6 Å². The van der Waals surface area contributed by atoms with E-state index in [4.69, 9.17) is 14.2 Å². The summed E-state index contributed by atoms with van der Waals surface area (Å²) in [5, 5.41) is 11.5. The number of aromatic carboxylic acids is 1. The van der Waals surface area contributed by atoms with Gasteiger partial charge >= 0.3 is 5.97 Å². The van der Waals surface area contributed by atoms with Crippen LogP contribution >= 0.6 is 11.3 Å². The molecule has 164 valence electrons. The van der Waals surface area contributed by atoms with Crippen LogP contribution in [0.25, 0.3) is 11.3 Å². The molecule has 0 saturated heterocycles. The van der Waals surface area contributed by atoms with Gasteiger partial charge in [0, 0.05) is 35.9 Å². The number of carboxylic acids is 1. The highest BCUT2D eigenvalue weighted by molar-refractivity contribution is 7.10. The molecule has 4 heterocycles. The zero-order valence-electron chi connectivity index (χ0n) is 17.2. The number of hydrogen-bond acceptors (Lipinski definition) is 6.